The number of amides is 1. The second-order valence-electron chi connectivity index (χ2n) is 5.76. The number of benzene rings is 1. The third-order valence-corrected chi connectivity index (χ3v) is 4.16. The van der Waals surface area contributed by atoms with Gasteiger partial charge in [0.1, 0.15) is 11.5 Å². The molecular formula is C19H20N2O3. The molecule has 0 bridgehead atoms. The second kappa shape index (κ2) is 6.74. The Hall–Kier alpha value is -2.82. The van der Waals surface area contributed by atoms with Crippen molar-refractivity contribution in [2.45, 2.75) is 26.3 Å². The summed E-state index contributed by atoms with van der Waals surface area (Å²) >= 11 is 0. The number of likely N-dealkylation sites (N-methyl/N-ethyl adjacent to an activating group) is 1. The van der Waals surface area contributed by atoms with E-state index in [0.29, 0.717) is 17.3 Å². The predicted octanol–water partition coefficient (Wildman–Crippen LogP) is 4.01. The van der Waals surface area contributed by atoms with E-state index in [1.165, 1.54) is 0 Å². The molecule has 0 saturated carbocycles. The number of furan rings is 1. The molecule has 0 saturated heterocycles. The maximum absolute atomic E-state index is 12.5. The molecule has 5 heteroatoms. The molecule has 0 aliphatic carbocycles. The Morgan fingerprint density at radius 3 is 2.62 bits per heavy atom. The molecule has 5 nitrogen and oxygen atoms in total. The highest BCUT2D eigenvalue weighted by atomic mass is 16.4. The quantitative estimate of drug-likeness (QED) is 0.711. The van der Waals surface area contributed by atoms with Gasteiger partial charge < -0.3 is 13.7 Å². The molecule has 0 spiro atoms. The fourth-order valence-electron chi connectivity index (χ4n) is 2.50. The SMILES string of the molecule is Cc1oc(-c2ccccc2)nc1CC(=O)N(C)C(C)c1ccco1. The van der Waals surface area contributed by atoms with Crippen molar-refractivity contribution in [2.75, 3.05) is 7.05 Å². The minimum absolute atomic E-state index is 0.0325. The maximum Gasteiger partial charge on any atom is 0.229 e. The molecule has 2 heterocycles. The number of hydrogen-bond donors (Lipinski definition) is 0. The molecule has 24 heavy (non-hydrogen) atoms. The summed E-state index contributed by atoms with van der Waals surface area (Å²) in [5.74, 6) is 1.93. The Labute approximate surface area is 140 Å². The van der Waals surface area contributed by atoms with Crippen LogP contribution in [0.25, 0.3) is 11.5 Å². The molecular weight excluding hydrogens is 304 g/mol. The molecule has 124 valence electrons. The predicted molar refractivity (Wildman–Crippen MR) is 90.3 cm³/mol. The van der Waals surface area contributed by atoms with Crippen LogP contribution in [0.1, 0.15) is 30.2 Å². The number of aromatic nitrogens is 1. The zero-order valence-electron chi connectivity index (χ0n) is 14.0. The number of nitrogens with zero attached hydrogens (tertiary/aromatic N) is 2. The first-order valence-corrected chi connectivity index (χ1v) is 7.87. The number of oxazole rings is 1. The first kappa shape index (κ1) is 16.1. The zero-order chi connectivity index (χ0) is 17.1. The van der Waals surface area contributed by atoms with Crippen LogP contribution in [-0.4, -0.2) is 22.8 Å². The third-order valence-electron chi connectivity index (χ3n) is 4.16. The van der Waals surface area contributed by atoms with Gasteiger partial charge in [0.25, 0.3) is 0 Å². The molecule has 0 radical (unpaired) electrons. The van der Waals surface area contributed by atoms with E-state index in [2.05, 4.69) is 4.98 Å². The van der Waals surface area contributed by atoms with Crippen molar-refractivity contribution in [3.63, 3.8) is 0 Å². The van der Waals surface area contributed by atoms with E-state index in [-0.39, 0.29) is 18.4 Å². The van der Waals surface area contributed by atoms with E-state index in [0.717, 1.165) is 11.3 Å². The zero-order valence-corrected chi connectivity index (χ0v) is 14.0. The fourth-order valence-corrected chi connectivity index (χ4v) is 2.50. The Bertz CT molecular complexity index is 807. The standard InChI is InChI=1S/C19H20N2O3/c1-13(17-10-7-11-23-17)21(3)18(22)12-16-14(2)24-19(20-16)15-8-5-4-6-9-15/h4-11,13H,12H2,1-3H3. The van der Waals surface area contributed by atoms with Gasteiger partial charge in [0.05, 0.1) is 24.4 Å². The van der Waals surface area contributed by atoms with Gasteiger partial charge in [0.2, 0.25) is 11.8 Å². The van der Waals surface area contributed by atoms with Crippen LogP contribution < -0.4 is 0 Å². The van der Waals surface area contributed by atoms with E-state index in [1.807, 2.05) is 56.3 Å². The topological polar surface area (TPSA) is 59.5 Å². The van der Waals surface area contributed by atoms with E-state index < -0.39 is 0 Å². The van der Waals surface area contributed by atoms with Gasteiger partial charge in [0, 0.05) is 12.6 Å². The Morgan fingerprint density at radius 2 is 1.96 bits per heavy atom. The minimum Gasteiger partial charge on any atom is -0.467 e. The summed E-state index contributed by atoms with van der Waals surface area (Å²) in [6.45, 7) is 3.76. The highest BCUT2D eigenvalue weighted by Gasteiger charge is 2.22. The highest BCUT2D eigenvalue weighted by molar-refractivity contribution is 5.78. The van der Waals surface area contributed by atoms with Crippen LogP contribution in [0.4, 0.5) is 0 Å². The summed E-state index contributed by atoms with van der Waals surface area (Å²) < 4.78 is 11.1. The first-order valence-electron chi connectivity index (χ1n) is 7.87. The maximum atomic E-state index is 12.5. The van der Waals surface area contributed by atoms with Crippen LogP contribution in [-0.2, 0) is 11.2 Å². The molecule has 1 amide bonds. The Kier molecular flexibility index (Phi) is 4.51. The summed E-state index contributed by atoms with van der Waals surface area (Å²) in [4.78, 5) is 18.7. The largest absolute Gasteiger partial charge is 0.467 e. The van der Waals surface area contributed by atoms with Crippen molar-refractivity contribution >= 4 is 5.91 Å². The van der Waals surface area contributed by atoms with Gasteiger partial charge in [-0.15, -0.1) is 0 Å². The van der Waals surface area contributed by atoms with Gasteiger partial charge >= 0.3 is 0 Å². The van der Waals surface area contributed by atoms with Crippen molar-refractivity contribution in [2.24, 2.45) is 0 Å². The first-order chi connectivity index (χ1) is 11.6. The lowest BCUT2D eigenvalue weighted by atomic mass is 10.2. The molecule has 1 aromatic carbocycles. The second-order valence-corrected chi connectivity index (χ2v) is 5.76. The summed E-state index contributed by atoms with van der Waals surface area (Å²) in [7, 11) is 1.77. The molecule has 0 fully saturated rings. The average molecular weight is 324 g/mol. The van der Waals surface area contributed by atoms with Crippen LogP contribution in [0.3, 0.4) is 0 Å². The molecule has 3 aromatic rings. The van der Waals surface area contributed by atoms with Gasteiger partial charge in [-0.3, -0.25) is 4.79 Å². The molecule has 3 rings (SSSR count). The number of aryl methyl sites for hydroxylation is 1. The molecule has 1 atom stereocenters. The molecule has 0 aliphatic rings. The van der Waals surface area contributed by atoms with E-state index in [1.54, 1.807) is 18.2 Å². The van der Waals surface area contributed by atoms with E-state index in [4.69, 9.17) is 8.83 Å². The Balaban J connectivity index is 1.74. The summed E-state index contributed by atoms with van der Waals surface area (Å²) in [5, 5.41) is 0. The van der Waals surface area contributed by atoms with Crippen LogP contribution >= 0.6 is 0 Å². The normalized spacial score (nSPS) is 12.1. The van der Waals surface area contributed by atoms with Crippen molar-refractivity contribution in [1.29, 1.82) is 0 Å². The number of carbonyl (C=O) groups is 1. The molecule has 0 aliphatic heterocycles. The smallest absolute Gasteiger partial charge is 0.229 e. The highest BCUT2D eigenvalue weighted by Crippen LogP contribution is 2.23. The van der Waals surface area contributed by atoms with Gasteiger partial charge in [-0.05, 0) is 38.1 Å². The van der Waals surface area contributed by atoms with Crippen molar-refractivity contribution in [1.82, 2.24) is 9.88 Å². The van der Waals surface area contributed by atoms with Crippen LogP contribution in [0.5, 0.6) is 0 Å². The van der Waals surface area contributed by atoms with E-state index >= 15 is 0 Å². The molecule has 1 unspecified atom stereocenters. The average Bonchev–Trinajstić information content (AvgIpc) is 3.25. The molecule has 2 aromatic heterocycles. The van der Waals surface area contributed by atoms with Gasteiger partial charge in [-0.25, -0.2) is 4.98 Å². The third kappa shape index (κ3) is 3.25. The van der Waals surface area contributed by atoms with Crippen molar-refractivity contribution < 1.29 is 13.6 Å². The van der Waals surface area contributed by atoms with Crippen LogP contribution in [0.15, 0.2) is 57.6 Å². The lowest BCUT2D eigenvalue weighted by Crippen LogP contribution is -2.31. The monoisotopic (exact) mass is 324 g/mol. The van der Waals surface area contributed by atoms with Crippen molar-refractivity contribution in [3.8, 4) is 11.5 Å². The summed E-state index contributed by atoms with van der Waals surface area (Å²) in [6.07, 6.45) is 1.81. The van der Waals surface area contributed by atoms with Crippen molar-refractivity contribution in [3.05, 3.63) is 65.9 Å². The summed E-state index contributed by atoms with van der Waals surface area (Å²) in [5.41, 5.74) is 1.56. The number of rotatable bonds is 5. The summed E-state index contributed by atoms with van der Waals surface area (Å²) in [6, 6.07) is 13.2. The van der Waals surface area contributed by atoms with E-state index in [9.17, 15) is 4.79 Å². The van der Waals surface area contributed by atoms with Gasteiger partial charge in [-0.1, -0.05) is 18.2 Å². The minimum atomic E-state index is -0.131. The lowest BCUT2D eigenvalue weighted by Gasteiger charge is -2.23. The molecule has 0 N–H and O–H groups in total. The van der Waals surface area contributed by atoms with Gasteiger partial charge in [-0.2, -0.15) is 0 Å². The fraction of sp³-hybridized carbons (Fsp3) is 0.263. The van der Waals surface area contributed by atoms with Crippen LogP contribution in [0.2, 0.25) is 0 Å². The van der Waals surface area contributed by atoms with Gasteiger partial charge in [0.15, 0.2) is 0 Å². The Morgan fingerprint density at radius 1 is 1.21 bits per heavy atom. The number of carbonyl (C=O) groups excluding carboxylic acids is 1. The number of hydrogen-bond acceptors (Lipinski definition) is 4. The van der Waals surface area contributed by atoms with Crippen LogP contribution in [0, 0.1) is 6.92 Å². The lowest BCUT2D eigenvalue weighted by molar-refractivity contribution is -0.131.